The van der Waals surface area contributed by atoms with E-state index in [1.807, 2.05) is 0 Å². The van der Waals surface area contributed by atoms with Gasteiger partial charge in [0.15, 0.2) is 6.29 Å². The van der Waals surface area contributed by atoms with Gasteiger partial charge in [0.05, 0.1) is 12.1 Å². The molecule has 0 bridgehead atoms. The van der Waals surface area contributed by atoms with E-state index in [9.17, 15) is 9.90 Å². The highest BCUT2D eigenvalue weighted by atomic mass is 16.6. The zero-order valence-corrected chi connectivity index (χ0v) is 7.06. The number of hydrogen-bond acceptors (Lipinski definition) is 3. The van der Waals surface area contributed by atoms with Crippen molar-refractivity contribution in [2.24, 2.45) is 0 Å². The van der Waals surface area contributed by atoms with Crippen LogP contribution >= 0.6 is 0 Å². The molecule has 0 saturated carbocycles. The van der Waals surface area contributed by atoms with Crippen LogP contribution in [0.15, 0.2) is 0 Å². The molecule has 0 aromatic carbocycles. The minimum Gasteiger partial charge on any atom is -0.368 e. The molecule has 0 aliphatic carbocycles. The molecule has 4 heteroatoms. The van der Waals surface area contributed by atoms with Crippen molar-refractivity contribution in [1.82, 2.24) is 4.90 Å². The summed E-state index contributed by atoms with van der Waals surface area (Å²) in [5, 5.41) is 9.17. The molecule has 0 aromatic rings. The first kappa shape index (κ1) is 8.01. The number of carbonyl (C=O) groups excluding carboxylic acids is 1. The lowest BCUT2D eigenvalue weighted by atomic mass is 10.1. The summed E-state index contributed by atoms with van der Waals surface area (Å²) in [7, 11) is 0. The number of aliphatic hydroxyl groups excluding tert-OH is 1. The van der Waals surface area contributed by atoms with Crippen molar-refractivity contribution in [2.75, 3.05) is 6.54 Å². The molecule has 0 aromatic heterocycles. The summed E-state index contributed by atoms with van der Waals surface area (Å²) < 4.78 is 5.23. The Morgan fingerprint density at radius 2 is 2.42 bits per heavy atom. The number of carbonyl (C=O) groups is 1. The van der Waals surface area contributed by atoms with Gasteiger partial charge in [-0.15, -0.1) is 0 Å². The third kappa shape index (κ3) is 1.11. The summed E-state index contributed by atoms with van der Waals surface area (Å²) in [6.07, 6.45) is 0.844. The lowest BCUT2D eigenvalue weighted by molar-refractivity contribution is -0.129. The van der Waals surface area contributed by atoms with Gasteiger partial charge < -0.3 is 14.7 Å². The molecule has 2 saturated heterocycles. The molecule has 2 rings (SSSR count). The Balaban J connectivity index is 2.08. The highest BCUT2D eigenvalue weighted by Crippen LogP contribution is 2.31. The minimum atomic E-state index is -0.665. The van der Waals surface area contributed by atoms with Gasteiger partial charge in [-0.1, -0.05) is 0 Å². The predicted molar refractivity (Wildman–Crippen MR) is 41.3 cm³/mol. The first-order chi connectivity index (χ1) is 5.68. The molecule has 2 aliphatic rings. The van der Waals surface area contributed by atoms with Gasteiger partial charge in [-0.25, -0.2) is 0 Å². The summed E-state index contributed by atoms with van der Waals surface area (Å²) in [6.45, 7) is 2.34. The van der Waals surface area contributed by atoms with Crippen molar-refractivity contribution in [3.05, 3.63) is 0 Å². The van der Waals surface area contributed by atoms with Crippen LogP contribution in [0.1, 0.15) is 19.8 Å². The zero-order valence-electron chi connectivity index (χ0n) is 7.06. The van der Waals surface area contributed by atoms with Gasteiger partial charge in [-0.2, -0.15) is 0 Å². The van der Waals surface area contributed by atoms with Gasteiger partial charge in [0.25, 0.3) is 0 Å². The van der Waals surface area contributed by atoms with Crippen LogP contribution in [-0.2, 0) is 9.53 Å². The maximum Gasteiger partial charge on any atom is 0.219 e. The third-order valence-corrected chi connectivity index (χ3v) is 2.66. The van der Waals surface area contributed by atoms with Crippen LogP contribution in [0.5, 0.6) is 0 Å². The van der Waals surface area contributed by atoms with Gasteiger partial charge in [0, 0.05) is 19.9 Å². The van der Waals surface area contributed by atoms with E-state index in [4.69, 9.17) is 4.74 Å². The van der Waals surface area contributed by atoms with E-state index in [0.717, 1.165) is 13.0 Å². The largest absolute Gasteiger partial charge is 0.368 e. The standard InChI is InChI=1S/C8H13NO3/c1-5(10)9-3-2-7-6(9)4-8(11)12-7/h6-8,11H,2-4H2,1H3/t6-,7-,8+/m1/s1. The smallest absolute Gasteiger partial charge is 0.219 e. The van der Waals surface area contributed by atoms with Crippen LogP contribution in [0.4, 0.5) is 0 Å². The minimum absolute atomic E-state index is 0.0731. The number of likely N-dealkylation sites (tertiary alicyclic amines) is 1. The van der Waals surface area contributed by atoms with E-state index in [-0.39, 0.29) is 18.1 Å². The van der Waals surface area contributed by atoms with E-state index in [2.05, 4.69) is 0 Å². The van der Waals surface area contributed by atoms with E-state index < -0.39 is 6.29 Å². The molecule has 12 heavy (non-hydrogen) atoms. The summed E-state index contributed by atoms with van der Waals surface area (Å²) in [4.78, 5) is 12.9. The molecule has 3 atom stereocenters. The quantitative estimate of drug-likeness (QED) is 0.545. The van der Waals surface area contributed by atoms with E-state index in [1.165, 1.54) is 0 Å². The molecule has 0 radical (unpaired) electrons. The predicted octanol–water partition coefficient (Wildman–Crippen LogP) is -0.286. The molecule has 0 spiro atoms. The van der Waals surface area contributed by atoms with E-state index in [0.29, 0.717) is 6.42 Å². The van der Waals surface area contributed by atoms with Gasteiger partial charge >= 0.3 is 0 Å². The van der Waals surface area contributed by atoms with Crippen LogP contribution in [0, 0.1) is 0 Å². The molecule has 2 fully saturated rings. The molecule has 68 valence electrons. The SMILES string of the molecule is CC(=O)N1CC[C@H]2O[C@H](O)C[C@H]21. The Morgan fingerprint density at radius 3 is 3.08 bits per heavy atom. The average molecular weight is 171 g/mol. The highest BCUT2D eigenvalue weighted by Gasteiger charge is 2.43. The van der Waals surface area contributed by atoms with Crippen LogP contribution in [0.3, 0.4) is 0 Å². The van der Waals surface area contributed by atoms with Gasteiger partial charge in [-0.3, -0.25) is 4.79 Å². The Labute approximate surface area is 71.1 Å². The van der Waals surface area contributed by atoms with Crippen molar-refractivity contribution in [2.45, 2.75) is 38.2 Å². The summed E-state index contributed by atoms with van der Waals surface area (Å²) >= 11 is 0. The molecule has 4 nitrogen and oxygen atoms in total. The monoisotopic (exact) mass is 171 g/mol. The topological polar surface area (TPSA) is 49.8 Å². The Morgan fingerprint density at radius 1 is 1.67 bits per heavy atom. The van der Waals surface area contributed by atoms with E-state index >= 15 is 0 Å². The average Bonchev–Trinajstić information content (AvgIpc) is 2.43. The Hall–Kier alpha value is -0.610. The van der Waals surface area contributed by atoms with Gasteiger partial charge in [0.1, 0.15) is 0 Å². The fourth-order valence-electron chi connectivity index (χ4n) is 2.12. The van der Waals surface area contributed by atoms with Crippen molar-refractivity contribution < 1.29 is 14.6 Å². The van der Waals surface area contributed by atoms with Crippen LogP contribution in [-0.4, -0.2) is 40.9 Å². The second-order valence-corrected chi connectivity index (χ2v) is 3.43. The second kappa shape index (κ2) is 2.71. The maximum atomic E-state index is 11.1. The van der Waals surface area contributed by atoms with Crippen molar-refractivity contribution in [1.29, 1.82) is 0 Å². The number of hydrogen-bond donors (Lipinski definition) is 1. The lowest BCUT2D eigenvalue weighted by Gasteiger charge is -2.20. The van der Waals surface area contributed by atoms with Gasteiger partial charge in [0.2, 0.25) is 5.91 Å². The number of fused-ring (bicyclic) bond motifs is 1. The normalized spacial score (nSPS) is 40.2. The molecule has 2 aliphatic heterocycles. The number of aliphatic hydroxyl groups is 1. The first-order valence-corrected chi connectivity index (χ1v) is 4.29. The highest BCUT2D eigenvalue weighted by molar-refractivity contribution is 5.74. The Bertz CT molecular complexity index is 206. The van der Waals surface area contributed by atoms with Crippen LogP contribution < -0.4 is 0 Å². The lowest BCUT2D eigenvalue weighted by Crippen LogP contribution is -2.35. The fraction of sp³-hybridized carbons (Fsp3) is 0.875. The van der Waals surface area contributed by atoms with Crippen molar-refractivity contribution >= 4 is 5.91 Å². The molecule has 2 heterocycles. The summed E-state index contributed by atoms with van der Waals surface area (Å²) in [5.41, 5.74) is 0. The summed E-state index contributed by atoms with van der Waals surface area (Å²) in [5.74, 6) is 0.0835. The zero-order chi connectivity index (χ0) is 8.72. The number of rotatable bonds is 0. The van der Waals surface area contributed by atoms with Crippen LogP contribution in [0.2, 0.25) is 0 Å². The second-order valence-electron chi connectivity index (χ2n) is 3.43. The summed E-state index contributed by atoms with van der Waals surface area (Å²) in [6, 6.07) is 0.123. The fourth-order valence-corrected chi connectivity index (χ4v) is 2.12. The first-order valence-electron chi connectivity index (χ1n) is 4.29. The van der Waals surface area contributed by atoms with Crippen molar-refractivity contribution in [3.8, 4) is 0 Å². The molecule has 0 unspecified atom stereocenters. The Kier molecular flexibility index (Phi) is 1.81. The number of nitrogens with zero attached hydrogens (tertiary/aromatic N) is 1. The maximum absolute atomic E-state index is 11.1. The number of ether oxygens (including phenoxy) is 1. The van der Waals surface area contributed by atoms with Crippen molar-refractivity contribution in [3.63, 3.8) is 0 Å². The van der Waals surface area contributed by atoms with E-state index in [1.54, 1.807) is 11.8 Å². The number of amides is 1. The molecular weight excluding hydrogens is 158 g/mol. The van der Waals surface area contributed by atoms with Gasteiger partial charge in [-0.05, 0) is 6.42 Å². The molecule has 1 N–H and O–H groups in total. The molecular formula is C8H13NO3. The third-order valence-electron chi connectivity index (χ3n) is 2.66. The van der Waals surface area contributed by atoms with Crippen LogP contribution in [0.25, 0.3) is 0 Å². The molecule has 1 amide bonds.